The third-order valence-corrected chi connectivity index (χ3v) is 5.57. The summed E-state index contributed by atoms with van der Waals surface area (Å²) in [5.41, 5.74) is 10.8. The van der Waals surface area contributed by atoms with Crippen LogP contribution in [0.1, 0.15) is 35.6 Å². The molecule has 4 rings (SSSR count). The second-order valence-corrected chi connectivity index (χ2v) is 7.70. The number of aliphatic carboxylic acids is 1. The van der Waals surface area contributed by atoms with Crippen molar-refractivity contribution in [3.63, 3.8) is 0 Å². The molecular weight excluding hydrogens is 453 g/mol. The molecule has 0 aliphatic heterocycles. The summed E-state index contributed by atoms with van der Waals surface area (Å²) in [7, 11) is 1.50. The third-order valence-electron chi connectivity index (χ3n) is 5.26. The Morgan fingerprint density at radius 1 is 1.09 bits per heavy atom. The number of fused-ring (bicyclic) bond motifs is 1. The number of hydrogen-bond acceptors (Lipinski definition) is 3. The van der Waals surface area contributed by atoms with Crippen molar-refractivity contribution in [2.75, 3.05) is 7.05 Å². The summed E-state index contributed by atoms with van der Waals surface area (Å²) in [6, 6.07) is 18.1. The first kappa shape index (κ1) is 24.9. The number of aromatic nitrogens is 2. The van der Waals surface area contributed by atoms with Gasteiger partial charge in [-0.3, -0.25) is 5.10 Å². The molecule has 0 saturated carbocycles. The lowest BCUT2D eigenvalue weighted by Crippen LogP contribution is -1.96. The van der Waals surface area contributed by atoms with Crippen molar-refractivity contribution in [1.82, 2.24) is 10.2 Å². The number of hydrogen-bond donors (Lipinski definition) is 3. The molecular formula is C27H25ClFN3O2. The molecule has 5 nitrogen and oxygen atoms in total. The van der Waals surface area contributed by atoms with Crippen molar-refractivity contribution in [3.8, 4) is 0 Å². The van der Waals surface area contributed by atoms with Crippen molar-refractivity contribution in [2.24, 2.45) is 5.73 Å². The highest BCUT2D eigenvalue weighted by Gasteiger charge is 2.16. The molecule has 0 aliphatic carbocycles. The number of aromatic amines is 1. The van der Waals surface area contributed by atoms with E-state index in [9.17, 15) is 9.18 Å². The van der Waals surface area contributed by atoms with E-state index in [1.54, 1.807) is 18.3 Å². The van der Waals surface area contributed by atoms with Crippen molar-refractivity contribution in [2.45, 2.75) is 13.3 Å². The monoisotopic (exact) mass is 477 g/mol. The van der Waals surface area contributed by atoms with Crippen molar-refractivity contribution in [1.29, 1.82) is 0 Å². The molecule has 34 heavy (non-hydrogen) atoms. The van der Waals surface area contributed by atoms with Gasteiger partial charge in [-0.05, 0) is 77.2 Å². The number of carboxylic acids is 1. The molecule has 0 bridgehead atoms. The molecule has 0 radical (unpaired) electrons. The number of nitrogens with two attached hydrogens (primary N) is 1. The Kier molecular flexibility index (Phi) is 8.35. The first-order valence-electron chi connectivity index (χ1n) is 10.7. The summed E-state index contributed by atoms with van der Waals surface area (Å²) in [6.07, 6.45) is 5.09. The Bertz CT molecular complexity index is 1360. The molecule has 4 N–H and O–H groups in total. The van der Waals surface area contributed by atoms with Crippen LogP contribution in [0.2, 0.25) is 5.02 Å². The molecule has 0 aliphatic rings. The molecule has 174 valence electrons. The maximum absolute atomic E-state index is 13.7. The van der Waals surface area contributed by atoms with Gasteiger partial charge >= 0.3 is 5.97 Å². The van der Waals surface area contributed by atoms with Crippen LogP contribution in [-0.2, 0) is 4.79 Å². The highest BCUT2D eigenvalue weighted by atomic mass is 35.5. The Morgan fingerprint density at radius 3 is 2.44 bits per heavy atom. The van der Waals surface area contributed by atoms with E-state index in [1.807, 2.05) is 43.3 Å². The first-order valence-corrected chi connectivity index (χ1v) is 11.1. The van der Waals surface area contributed by atoms with E-state index in [2.05, 4.69) is 22.0 Å². The number of benzene rings is 3. The van der Waals surface area contributed by atoms with E-state index in [0.29, 0.717) is 11.4 Å². The lowest BCUT2D eigenvalue weighted by molar-refractivity contribution is -0.131. The minimum atomic E-state index is -0.998. The van der Waals surface area contributed by atoms with Crippen LogP contribution in [0.4, 0.5) is 4.39 Å². The summed E-state index contributed by atoms with van der Waals surface area (Å²) < 4.78 is 13.7. The average Bonchev–Trinajstić information content (AvgIpc) is 3.31. The van der Waals surface area contributed by atoms with Gasteiger partial charge in [0.2, 0.25) is 0 Å². The van der Waals surface area contributed by atoms with Gasteiger partial charge in [-0.2, -0.15) is 5.10 Å². The molecule has 0 fully saturated rings. The van der Waals surface area contributed by atoms with Gasteiger partial charge in [-0.1, -0.05) is 54.9 Å². The second-order valence-electron chi connectivity index (χ2n) is 7.30. The van der Waals surface area contributed by atoms with Crippen LogP contribution >= 0.6 is 11.6 Å². The van der Waals surface area contributed by atoms with Crippen molar-refractivity contribution < 1.29 is 14.3 Å². The molecule has 1 aromatic heterocycles. The van der Waals surface area contributed by atoms with Crippen LogP contribution in [0.3, 0.4) is 0 Å². The number of halogens is 2. The maximum atomic E-state index is 13.7. The summed E-state index contributed by atoms with van der Waals surface area (Å²) in [4.78, 5) is 10.8. The van der Waals surface area contributed by atoms with Crippen LogP contribution in [-0.4, -0.2) is 28.3 Å². The Hall–Kier alpha value is -3.74. The quantitative estimate of drug-likeness (QED) is 0.221. The van der Waals surface area contributed by atoms with Gasteiger partial charge in [-0.25, -0.2) is 9.18 Å². The third kappa shape index (κ3) is 5.60. The fourth-order valence-corrected chi connectivity index (χ4v) is 4.06. The predicted octanol–water partition coefficient (Wildman–Crippen LogP) is 6.40. The number of allylic oxidation sites excluding steroid dienone is 1. The minimum absolute atomic E-state index is 0.352. The Labute approximate surface area is 202 Å². The van der Waals surface area contributed by atoms with Crippen LogP contribution in [0.25, 0.3) is 28.1 Å². The zero-order valence-corrected chi connectivity index (χ0v) is 19.6. The molecule has 0 atom stereocenters. The van der Waals surface area contributed by atoms with Crippen molar-refractivity contribution in [3.05, 3.63) is 106 Å². The molecule has 0 amide bonds. The molecule has 3 aromatic carbocycles. The second kappa shape index (κ2) is 11.4. The van der Waals surface area contributed by atoms with E-state index in [4.69, 9.17) is 16.7 Å². The van der Waals surface area contributed by atoms with E-state index >= 15 is 0 Å². The van der Waals surface area contributed by atoms with Crippen LogP contribution < -0.4 is 5.73 Å². The highest BCUT2D eigenvalue weighted by molar-refractivity contribution is 6.32. The predicted molar refractivity (Wildman–Crippen MR) is 137 cm³/mol. The number of H-pyrrole nitrogens is 1. The van der Waals surface area contributed by atoms with Gasteiger partial charge < -0.3 is 10.8 Å². The normalized spacial score (nSPS) is 11.8. The van der Waals surface area contributed by atoms with Gasteiger partial charge in [0, 0.05) is 11.5 Å². The standard InChI is InChI=1S/C26H20ClFN2O2.CH5N/c1-2-21(22-10-9-20(28)14-23(22)27)26(18-8-11-24-19(13-18)15-29-30-24)17-6-3-16(4-7-17)5-12-25(31)32;1-2/h3-15H,2H2,1H3,(H,29,30)(H,31,32);2H2,1H3/b12-5+,26-21+;. The summed E-state index contributed by atoms with van der Waals surface area (Å²) in [5.74, 6) is -1.38. The van der Waals surface area contributed by atoms with Crippen LogP contribution in [0.15, 0.2) is 72.9 Å². The van der Waals surface area contributed by atoms with E-state index in [1.165, 1.54) is 19.2 Å². The fourth-order valence-electron chi connectivity index (χ4n) is 3.78. The SMILES string of the molecule is CC/C(=C(/c1ccc(/C=C/C(=O)O)cc1)c1ccc2[nH]ncc2c1)c1ccc(F)cc1Cl.CN. The topological polar surface area (TPSA) is 92.0 Å². The Morgan fingerprint density at radius 2 is 1.79 bits per heavy atom. The largest absolute Gasteiger partial charge is 0.478 e. The van der Waals surface area contributed by atoms with Gasteiger partial charge in [0.05, 0.1) is 16.7 Å². The number of carbonyl (C=O) groups is 1. The minimum Gasteiger partial charge on any atom is -0.478 e. The number of carboxylic acid groups (broad SMARTS) is 1. The zero-order valence-electron chi connectivity index (χ0n) is 18.8. The summed E-state index contributed by atoms with van der Waals surface area (Å²) in [6.45, 7) is 2.04. The molecule has 0 spiro atoms. The van der Waals surface area contributed by atoms with Crippen LogP contribution in [0.5, 0.6) is 0 Å². The van der Waals surface area contributed by atoms with Gasteiger partial charge in [0.15, 0.2) is 0 Å². The molecule has 0 unspecified atom stereocenters. The van der Waals surface area contributed by atoms with E-state index in [0.717, 1.165) is 50.4 Å². The van der Waals surface area contributed by atoms with Gasteiger partial charge in [-0.15, -0.1) is 0 Å². The Balaban J connectivity index is 0.00000158. The maximum Gasteiger partial charge on any atom is 0.328 e. The zero-order chi connectivity index (χ0) is 24.7. The highest BCUT2D eigenvalue weighted by Crippen LogP contribution is 2.38. The lowest BCUT2D eigenvalue weighted by Gasteiger charge is -2.17. The average molecular weight is 478 g/mol. The molecule has 0 saturated heterocycles. The van der Waals surface area contributed by atoms with E-state index < -0.39 is 5.97 Å². The molecule has 7 heteroatoms. The number of nitrogens with one attached hydrogen (secondary N) is 1. The summed E-state index contributed by atoms with van der Waals surface area (Å²) in [5, 5.41) is 17.3. The van der Waals surface area contributed by atoms with Crippen molar-refractivity contribution >= 4 is 45.7 Å². The van der Waals surface area contributed by atoms with Crippen LogP contribution in [0, 0.1) is 5.82 Å². The van der Waals surface area contributed by atoms with E-state index in [-0.39, 0.29) is 5.82 Å². The number of nitrogens with zero attached hydrogens (tertiary/aromatic N) is 1. The van der Waals surface area contributed by atoms with Gasteiger partial charge in [0.1, 0.15) is 5.82 Å². The first-order chi connectivity index (χ1) is 16.5. The smallest absolute Gasteiger partial charge is 0.328 e. The summed E-state index contributed by atoms with van der Waals surface area (Å²) >= 11 is 6.44. The van der Waals surface area contributed by atoms with Gasteiger partial charge in [0.25, 0.3) is 0 Å². The lowest BCUT2D eigenvalue weighted by atomic mass is 9.87. The number of rotatable bonds is 6. The molecule has 4 aromatic rings. The molecule has 1 heterocycles. The fraction of sp³-hybridized carbons (Fsp3) is 0.111.